The molecule has 1 atom stereocenters. The van der Waals surface area contributed by atoms with Crippen LogP contribution in [0.4, 0.5) is 0 Å². The van der Waals surface area contributed by atoms with Crippen LogP contribution in [0.2, 0.25) is 0 Å². The number of morpholine rings is 2. The van der Waals surface area contributed by atoms with E-state index in [4.69, 9.17) is 9.47 Å². The van der Waals surface area contributed by atoms with E-state index < -0.39 is 10.0 Å². The molecule has 0 spiro atoms. The number of hydrogen-bond donors (Lipinski definition) is 0. The molecule has 2 heterocycles. The van der Waals surface area contributed by atoms with E-state index in [1.807, 2.05) is 6.92 Å². The summed E-state index contributed by atoms with van der Waals surface area (Å²) in [6.07, 6.45) is 0. The number of hydrogen-bond acceptors (Lipinski definition) is 5. The monoisotopic (exact) mass is 354 g/mol. The van der Waals surface area contributed by atoms with Gasteiger partial charge in [0.25, 0.3) is 5.91 Å². The lowest BCUT2D eigenvalue weighted by atomic mass is 10.1. The lowest BCUT2D eigenvalue weighted by molar-refractivity contribution is 0.00358. The maximum absolute atomic E-state index is 12.7. The molecule has 2 aliphatic heterocycles. The van der Waals surface area contributed by atoms with Crippen molar-refractivity contribution in [1.82, 2.24) is 9.21 Å². The number of benzene rings is 1. The van der Waals surface area contributed by atoms with Crippen molar-refractivity contribution in [2.45, 2.75) is 17.9 Å². The van der Waals surface area contributed by atoms with Gasteiger partial charge in [-0.05, 0) is 25.1 Å². The van der Waals surface area contributed by atoms with E-state index in [9.17, 15) is 13.2 Å². The van der Waals surface area contributed by atoms with Gasteiger partial charge >= 0.3 is 0 Å². The van der Waals surface area contributed by atoms with E-state index in [1.165, 1.54) is 16.4 Å². The molecule has 3 rings (SSSR count). The van der Waals surface area contributed by atoms with Gasteiger partial charge in [0.1, 0.15) is 0 Å². The first-order valence-corrected chi connectivity index (χ1v) is 9.51. The molecule has 7 nitrogen and oxygen atoms in total. The van der Waals surface area contributed by atoms with Crippen LogP contribution in [0.1, 0.15) is 17.3 Å². The molecule has 1 aromatic rings. The molecule has 1 amide bonds. The van der Waals surface area contributed by atoms with Gasteiger partial charge in [0, 0.05) is 25.2 Å². The molecule has 0 aliphatic carbocycles. The molecule has 0 saturated carbocycles. The van der Waals surface area contributed by atoms with E-state index in [2.05, 4.69) is 0 Å². The van der Waals surface area contributed by atoms with Gasteiger partial charge < -0.3 is 14.4 Å². The normalized spacial score (nSPS) is 23.2. The lowest BCUT2D eigenvalue weighted by Crippen LogP contribution is -2.47. The van der Waals surface area contributed by atoms with Crippen LogP contribution in [0.3, 0.4) is 0 Å². The Morgan fingerprint density at radius 2 is 1.83 bits per heavy atom. The number of nitrogens with zero attached hydrogens (tertiary/aromatic N) is 2. The third-order valence-electron chi connectivity index (χ3n) is 4.32. The average Bonchev–Trinajstić information content (AvgIpc) is 2.62. The largest absolute Gasteiger partial charge is 0.379 e. The fraction of sp³-hybridized carbons (Fsp3) is 0.562. The molecule has 2 saturated heterocycles. The minimum atomic E-state index is -3.60. The van der Waals surface area contributed by atoms with Crippen molar-refractivity contribution in [2.24, 2.45) is 0 Å². The number of carbonyl (C=O) groups excluding carboxylic acids is 1. The quantitative estimate of drug-likeness (QED) is 0.793. The summed E-state index contributed by atoms with van der Waals surface area (Å²) in [5, 5.41) is 0. The van der Waals surface area contributed by atoms with Crippen LogP contribution in [0.15, 0.2) is 29.2 Å². The van der Waals surface area contributed by atoms with Crippen LogP contribution in [0.5, 0.6) is 0 Å². The summed E-state index contributed by atoms with van der Waals surface area (Å²) in [6.45, 7) is 4.89. The first-order chi connectivity index (χ1) is 11.5. The van der Waals surface area contributed by atoms with E-state index in [0.717, 1.165) is 0 Å². The summed E-state index contributed by atoms with van der Waals surface area (Å²) in [5.41, 5.74) is 0.387. The van der Waals surface area contributed by atoms with Crippen LogP contribution in [-0.2, 0) is 19.5 Å². The van der Waals surface area contributed by atoms with Crippen molar-refractivity contribution in [3.8, 4) is 0 Å². The maximum Gasteiger partial charge on any atom is 0.254 e. The molecular formula is C16H22N2O5S. The Bertz CT molecular complexity index is 700. The molecule has 132 valence electrons. The summed E-state index contributed by atoms with van der Waals surface area (Å²) in [7, 11) is -3.60. The van der Waals surface area contributed by atoms with Crippen molar-refractivity contribution in [3.05, 3.63) is 29.8 Å². The number of ether oxygens (including phenoxy) is 2. The highest BCUT2D eigenvalue weighted by molar-refractivity contribution is 7.89. The van der Waals surface area contributed by atoms with Crippen molar-refractivity contribution < 1.29 is 22.7 Å². The van der Waals surface area contributed by atoms with Gasteiger partial charge in [-0.15, -0.1) is 0 Å². The van der Waals surface area contributed by atoms with Crippen LogP contribution in [0.25, 0.3) is 0 Å². The minimum absolute atomic E-state index is 0.0224. The number of carbonyl (C=O) groups is 1. The standard InChI is InChI=1S/C16H22N2O5S/c1-13-12-23-10-7-18(13)16(19)14-3-2-4-15(11-14)24(20,21)17-5-8-22-9-6-17/h2-4,11,13H,5-10,12H2,1H3/t13-/m1/s1. The molecule has 0 radical (unpaired) electrons. The second kappa shape index (κ2) is 7.18. The Morgan fingerprint density at radius 1 is 1.12 bits per heavy atom. The van der Waals surface area contributed by atoms with E-state index >= 15 is 0 Å². The van der Waals surface area contributed by atoms with Gasteiger partial charge in [-0.25, -0.2) is 8.42 Å². The molecule has 2 fully saturated rings. The summed E-state index contributed by atoms with van der Waals surface area (Å²) < 4.78 is 37.4. The zero-order valence-corrected chi connectivity index (χ0v) is 14.5. The van der Waals surface area contributed by atoms with Crippen LogP contribution < -0.4 is 0 Å². The Labute approximate surface area is 142 Å². The molecule has 1 aromatic carbocycles. The lowest BCUT2D eigenvalue weighted by Gasteiger charge is -2.33. The predicted octanol–water partition coefficient (Wildman–Crippen LogP) is 0.568. The van der Waals surface area contributed by atoms with Crippen molar-refractivity contribution in [3.63, 3.8) is 0 Å². The highest BCUT2D eigenvalue weighted by atomic mass is 32.2. The Kier molecular flexibility index (Phi) is 5.19. The van der Waals surface area contributed by atoms with Gasteiger partial charge in [0.2, 0.25) is 10.0 Å². The smallest absolute Gasteiger partial charge is 0.254 e. The van der Waals surface area contributed by atoms with Gasteiger partial charge in [-0.2, -0.15) is 4.31 Å². The molecular weight excluding hydrogens is 332 g/mol. The third-order valence-corrected chi connectivity index (χ3v) is 6.21. The first kappa shape index (κ1) is 17.3. The number of rotatable bonds is 3. The number of amides is 1. The van der Waals surface area contributed by atoms with Gasteiger partial charge in [-0.1, -0.05) is 6.07 Å². The van der Waals surface area contributed by atoms with Crippen LogP contribution >= 0.6 is 0 Å². The molecule has 0 aromatic heterocycles. The van der Waals surface area contributed by atoms with Crippen LogP contribution in [0, 0.1) is 0 Å². The zero-order valence-electron chi connectivity index (χ0n) is 13.7. The van der Waals surface area contributed by atoms with E-state index in [-0.39, 0.29) is 16.8 Å². The Morgan fingerprint density at radius 3 is 2.54 bits per heavy atom. The SMILES string of the molecule is C[C@@H]1COCCN1C(=O)c1cccc(S(=O)(=O)N2CCOCC2)c1. The van der Waals surface area contributed by atoms with Gasteiger partial charge in [0.15, 0.2) is 0 Å². The van der Waals surface area contributed by atoms with E-state index in [1.54, 1.807) is 17.0 Å². The first-order valence-electron chi connectivity index (χ1n) is 8.07. The second-order valence-electron chi connectivity index (χ2n) is 5.97. The highest BCUT2D eigenvalue weighted by Gasteiger charge is 2.29. The van der Waals surface area contributed by atoms with Crippen molar-refractivity contribution in [2.75, 3.05) is 46.1 Å². The van der Waals surface area contributed by atoms with Gasteiger partial charge in [0.05, 0.1) is 37.4 Å². The minimum Gasteiger partial charge on any atom is -0.379 e. The Hall–Kier alpha value is -1.48. The third kappa shape index (κ3) is 3.46. The maximum atomic E-state index is 12.7. The van der Waals surface area contributed by atoms with Crippen molar-refractivity contribution in [1.29, 1.82) is 0 Å². The summed E-state index contributed by atoms with van der Waals surface area (Å²) >= 11 is 0. The second-order valence-corrected chi connectivity index (χ2v) is 7.90. The van der Waals surface area contributed by atoms with Crippen molar-refractivity contribution >= 4 is 15.9 Å². The topological polar surface area (TPSA) is 76.2 Å². The predicted molar refractivity (Wildman–Crippen MR) is 87.3 cm³/mol. The average molecular weight is 354 g/mol. The molecule has 2 aliphatic rings. The summed E-state index contributed by atoms with van der Waals surface area (Å²) in [4.78, 5) is 14.6. The molecule has 0 bridgehead atoms. The van der Waals surface area contributed by atoms with Gasteiger partial charge in [-0.3, -0.25) is 4.79 Å². The summed E-state index contributed by atoms with van der Waals surface area (Å²) in [5.74, 6) is -0.162. The molecule has 0 N–H and O–H groups in total. The van der Waals surface area contributed by atoms with E-state index in [0.29, 0.717) is 51.6 Å². The Balaban J connectivity index is 1.84. The van der Waals surface area contributed by atoms with Crippen LogP contribution in [-0.4, -0.2) is 75.6 Å². The molecule has 24 heavy (non-hydrogen) atoms. The molecule has 8 heteroatoms. The fourth-order valence-corrected chi connectivity index (χ4v) is 4.37. The summed E-state index contributed by atoms with van der Waals surface area (Å²) in [6, 6.07) is 6.25. The molecule has 0 unspecified atom stereocenters. The number of sulfonamides is 1. The zero-order chi connectivity index (χ0) is 17.2. The fourth-order valence-electron chi connectivity index (χ4n) is 2.92. The highest BCUT2D eigenvalue weighted by Crippen LogP contribution is 2.20.